The van der Waals surface area contributed by atoms with E-state index >= 15 is 0 Å². The molecule has 1 fully saturated rings. The van der Waals surface area contributed by atoms with Crippen LogP contribution in [0.1, 0.15) is 40.0 Å². The molecule has 1 aliphatic heterocycles. The summed E-state index contributed by atoms with van der Waals surface area (Å²) in [5.41, 5.74) is -0.200. The van der Waals surface area contributed by atoms with E-state index in [4.69, 9.17) is 4.74 Å². The summed E-state index contributed by atoms with van der Waals surface area (Å²) in [5.74, 6) is -0.183. The van der Waals surface area contributed by atoms with Crippen molar-refractivity contribution < 1.29 is 14.3 Å². The molecule has 0 saturated carbocycles. The lowest BCUT2D eigenvalue weighted by atomic mass is 9.97. The van der Waals surface area contributed by atoms with Gasteiger partial charge in [-0.2, -0.15) is 0 Å². The minimum absolute atomic E-state index is 0.00767. The van der Waals surface area contributed by atoms with Crippen molar-refractivity contribution in [2.45, 2.75) is 45.6 Å². The van der Waals surface area contributed by atoms with Crippen molar-refractivity contribution in [2.75, 3.05) is 26.8 Å². The zero-order valence-corrected chi connectivity index (χ0v) is 12.5. The molecule has 0 aromatic carbocycles. The molecule has 1 unspecified atom stereocenters. The number of amides is 2. The monoisotopic (exact) mass is 270 g/mol. The van der Waals surface area contributed by atoms with E-state index in [0.29, 0.717) is 26.1 Å². The average molecular weight is 270 g/mol. The summed E-state index contributed by atoms with van der Waals surface area (Å²) in [5, 5.41) is 3.05. The van der Waals surface area contributed by atoms with Gasteiger partial charge in [0.1, 0.15) is 0 Å². The molecule has 110 valence electrons. The number of hydrogen-bond donors (Lipinski definition) is 1. The molecule has 1 N–H and O–H groups in total. The molecular weight excluding hydrogens is 244 g/mol. The first-order valence-electron chi connectivity index (χ1n) is 6.98. The minimum atomic E-state index is -0.222. The second-order valence-electron chi connectivity index (χ2n) is 5.86. The van der Waals surface area contributed by atoms with E-state index in [2.05, 4.69) is 12.2 Å². The highest BCUT2D eigenvalue weighted by molar-refractivity contribution is 5.89. The lowest BCUT2D eigenvalue weighted by Crippen LogP contribution is -2.46. The summed E-state index contributed by atoms with van der Waals surface area (Å²) in [4.78, 5) is 25.7. The van der Waals surface area contributed by atoms with Crippen molar-refractivity contribution in [3.05, 3.63) is 0 Å². The molecule has 1 heterocycles. The fourth-order valence-electron chi connectivity index (χ4n) is 2.49. The number of hydrogen-bond acceptors (Lipinski definition) is 3. The molecule has 0 aliphatic carbocycles. The average Bonchev–Trinajstić information content (AvgIpc) is 2.67. The van der Waals surface area contributed by atoms with E-state index in [1.807, 2.05) is 13.8 Å². The van der Waals surface area contributed by atoms with Crippen LogP contribution in [0.3, 0.4) is 0 Å². The number of methoxy groups -OCH3 is 1. The third kappa shape index (κ3) is 4.82. The van der Waals surface area contributed by atoms with Crippen molar-refractivity contribution in [1.29, 1.82) is 0 Å². The van der Waals surface area contributed by atoms with Crippen molar-refractivity contribution in [3.8, 4) is 0 Å². The van der Waals surface area contributed by atoms with Crippen LogP contribution < -0.4 is 5.32 Å². The van der Waals surface area contributed by atoms with Gasteiger partial charge in [0.25, 0.3) is 0 Å². The SMILES string of the molecule is CCCC(C)(C)NC(=O)C1CC(=O)N(CCOC)C1. The lowest BCUT2D eigenvalue weighted by molar-refractivity contribution is -0.129. The third-order valence-corrected chi connectivity index (χ3v) is 3.49. The molecule has 0 aromatic rings. The summed E-state index contributed by atoms with van der Waals surface area (Å²) >= 11 is 0. The van der Waals surface area contributed by atoms with Crippen molar-refractivity contribution in [2.24, 2.45) is 5.92 Å². The van der Waals surface area contributed by atoms with Gasteiger partial charge in [0.15, 0.2) is 0 Å². The highest BCUT2D eigenvalue weighted by Gasteiger charge is 2.35. The summed E-state index contributed by atoms with van der Waals surface area (Å²) in [7, 11) is 1.61. The summed E-state index contributed by atoms with van der Waals surface area (Å²) < 4.78 is 4.97. The van der Waals surface area contributed by atoms with Crippen LogP contribution >= 0.6 is 0 Å². The number of likely N-dealkylation sites (tertiary alicyclic amines) is 1. The Balaban J connectivity index is 2.49. The predicted octanol–water partition coefficient (Wildman–Crippen LogP) is 1.18. The van der Waals surface area contributed by atoms with Gasteiger partial charge in [-0.1, -0.05) is 13.3 Å². The van der Waals surface area contributed by atoms with Crippen LogP contribution in [0.5, 0.6) is 0 Å². The lowest BCUT2D eigenvalue weighted by Gasteiger charge is -2.27. The molecule has 0 aromatic heterocycles. The minimum Gasteiger partial charge on any atom is -0.383 e. The maximum atomic E-state index is 12.2. The Bertz CT molecular complexity index is 329. The van der Waals surface area contributed by atoms with Gasteiger partial charge in [0, 0.05) is 32.2 Å². The molecule has 5 nitrogen and oxygen atoms in total. The van der Waals surface area contributed by atoms with Crippen molar-refractivity contribution in [3.63, 3.8) is 0 Å². The molecule has 19 heavy (non-hydrogen) atoms. The van der Waals surface area contributed by atoms with Gasteiger partial charge in [-0.05, 0) is 20.3 Å². The van der Waals surface area contributed by atoms with Crippen LogP contribution in [0.15, 0.2) is 0 Å². The fourth-order valence-corrected chi connectivity index (χ4v) is 2.49. The van der Waals surface area contributed by atoms with Crippen LogP contribution in [0, 0.1) is 5.92 Å². The molecule has 1 rings (SSSR count). The van der Waals surface area contributed by atoms with E-state index in [1.54, 1.807) is 12.0 Å². The number of nitrogens with one attached hydrogen (secondary N) is 1. The molecule has 0 spiro atoms. The standard InChI is InChI=1S/C14H26N2O3/c1-5-6-14(2,3)15-13(18)11-9-12(17)16(10-11)7-8-19-4/h11H,5-10H2,1-4H3,(H,15,18). The quantitative estimate of drug-likeness (QED) is 0.755. The Kier molecular flexibility index (Phi) is 5.79. The van der Waals surface area contributed by atoms with Gasteiger partial charge in [-0.25, -0.2) is 0 Å². The first-order valence-corrected chi connectivity index (χ1v) is 6.98. The molecule has 2 amide bonds. The topological polar surface area (TPSA) is 58.6 Å². The normalized spacial score (nSPS) is 19.9. The van der Waals surface area contributed by atoms with Gasteiger partial charge < -0.3 is 15.0 Å². The number of rotatable bonds is 7. The number of carbonyl (C=O) groups is 2. The largest absolute Gasteiger partial charge is 0.383 e. The van der Waals surface area contributed by atoms with Crippen LogP contribution in [0.2, 0.25) is 0 Å². The van der Waals surface area contributed by atoms with E-state index in [-0.39, 0.29) is 23.3 Å². The summed E-state index contributed by atoms with van der Waals surface area (Å²) in [6.45, 7) is 7.73. The van der Waals surface area contributed by atoms with Crippen LogP contribution in [-0.4, -0.2) is 49.1 Å². The first-order chi connectivity index (χ1) is 8.89. The van der Waals surface area contributed by atoms with E-state index in [1.165, 1.54) is 0 Å². The second kappa shape index (κ2) is 6.89. The Morgan fingerprint density at radius 1 is 1.53 bits per heavy atom. The summed E-state index contributed by atoms with van der Waals surface area (Å²) in [6, 6.07) is 0. The Labute approximate surface area is 115 Å². The Morgan fingerprint density at radius 2 is 2.21 bits per heavy atom. The fraction of sp³-hybridized carbons (Fsp3) is 0.857. The van der Waals surface area contributed by atoms with E-state index in [0.717, 1.165) is 12.8 Å². The molecule has 1 aliphatic rings. The van der Waals surface area contributed by atoms with Crippen molar-refractivity contribution in [1.82, 2.24) is 10.2 Å². The summed E-state index contributed by atoms with van der Waals surface area (Å²) in [6.07, 6.45) is 2.28. The van der Waals surface area contributed by atoms with Gasteiger partial charge in [-0.15, -0.1) is 0 Å². The molecule has 1 saturated heterocycles. The maximum absolute atomic E-state index is 12.2. The van der Waals surface area contributed by atoms with Crippen molar-refractivity contribution >= 4 is 11.8 Å². The number of carbonyl (C=O) groups excluding carboxylic acids is 2. The highest BCUT2D eigenvalue weighted by atomic mass is 16.5. The smallest absolute Gasteiger partial charge is 0.225 e. The van der Waals surface area contributed by atoms with Crippen LogP contribution in [-0.2, 0) is 14.3 Å². The Hall–Kier alpha value is -1.10. The third-order valence-electron chi connectivity index (χ3n) is 3.49. The molecule has 5 heteroatoms. The molecule has 0 radical (unpaired) electrons. The van der Waals surface area contributed by atoms with E-state index in [9.17, 15) is 9.59 Å². The zero-order valence-electron chi connectivity index (χ0n) is 12.5. The van der Waals surface area contributed by atoms with Gasteiger partial charge >= 0.3 is 0 Å². The number of nitrogens with zero attached hydrogens (tertiary/aromatic N) is 1. The van der Waals surface area contributed by atoms with Gasteiger partial charge in [0.2, 0.25) is 11.8 Å². The molecule has 1 atom stereocenters. The predicted molar refractivity (Wildman–Crippen MR) is 73.7 cm³/mol. The van der Waals surface area contributed by atoms with Gasteiger partial charge in [-0.3, -0.25) is 9.59 Å². The highest BCUT2D eigenvalue weighted by Crippen LogP contribution is 2.20. The second-order valence-corrected chi connectivity index (χ2v) is 5.86. The van der Waals surface area contributed by atoms with Gasteiger partial charge in [0.05, 0.1) is 12.5 Å². The number of ether oxygens (including phenoxy) is 1. The molecule has 0 bridgehead atoms. The Morgan fingerprint density at radius 3 is 2.79 bits per heavy atom. The van der Waals surface area contributed by atoms with E-state index < -0.39 is 0 Å². The molecular formula is C14H26N2O3. The maximum Gasteiger partial charge on any atom is 0.225 e. The zero-order chi connectivity index (χ0) is 14.5. The van der Waals surface area contributed by atoms with Crippen LogP contribution in [0.4, 0.5) is 0 Å². The first kappa shape index (κ1) is 16.0. The van der Waals surface area contributed by atoms with Crippen LogP contribution in [0.25, 0.3) is 0 Å².